The first-order valence-corrected chi connectivity index (χ1v) is 6.54. The highest BCUT2D eigenvalue weighted by Crippen LogP contribution is 2.34. The van der Waals surface area contributed by atoms with Gasteiger partial charge in [0.05, 0.1) is 35.0 Å². The predicted molar refractivity (Wildman–Crippen MR) is 72.4 cm³/mol. The van der Waals surface area contributed by atoms with Gasteiger partial charge in [-0.3, -0.25) is 4.79 Å². The molecule has 1 aromatic rings. The van der Waals surface area contributed by atoms with E-state index in [0.717, 1.165) is 25.1 Å². The van der Waals surface area contributed by atoms with E-state index in [0.29, 0.717) is 17.8 Å². The minimum absolute atomic E-state index is 0.0730. The van der Waals surface area contributed by atoms with Crippen molar-refractivity contribution in [1.29, 1.82) is 5.26 Å². The second-order valence-electron chi connectivity index (χ2n) is 5.14. The van der Waals surface area contributed by atoms with Gasteiger partial charge in [0, 0.05) is 13.1 Å². The van der Waals surface area contributed by atoms with E-state index in [1.165, 1.54) is 0 Å². The number of hydrogen-bond acceptors (Lipinski definition) is 4. The minimum Gasteiger partial charge on any atom is -0.397 e. The van der Waals surface area contributed by atoms with Crippen LogP contribution in [0, 0.1) is 17.2 Å². The lowest BCUT2D eigenvalue weighted by Gasteiger charge is -2.38. The van der Waals surface area contributed by atoms with Crippen LogP contribution in [0.5, 0.6) is 0 Å². The Morgan fingerprint density at radius 3 is 3.05 bits per heavy atom. The van der Waals surface area contributed by atoms with E-state index in [1.54, 1.807) is 12.1 Å². The predicted octanol–water partition coefficient (Wildman–Crippen LogP) is 0.855. The fourth-order valence-electron chi connectivity index (χ4n) is 3.14. The smallest absolute Gasteiger partial charge is 0.225 e. The number of rotatable bonds is 1. The first-order valence-electron chi connectivity index (χ1n) is 6.54. The van der Waals surface area contributed by atoms with Crippen LogP contribution >= 0.6 is 0 Å². The summed E-state index contributed by atoms with van der Waals surface area (Å²) in [6.07, 6.45) is 1.94. The maximum atomic E-state index is 11.8. The van der Waals surface area contributed by atoms with E-state index < -0.39 is 0 Å². The SMILES string of the molecule is N#Cc1ccc(N2CCCC3C(=O)NCC32)c(N)c1. The molecular weight excluding hydrogens is 240 g/mol. The number of nitrogens with one attached hydrogen (secondary N) is 1. The van der Waals surface area contributed by atoms with Crippen LogP contribution in [-0.2, 0) is 4.79 Å². The Morgan fingerprint density at radius 1 is 1.47 bits per heavy atom. The summed E-state index contributed by atoms with van der Waals surface area (Å²) in [6, 6.07) is 7.64. The Hall–Kier alpha value is -2.22. The molecule has 2 saturated heterocycles. The summed E-state index contributed by atoms with van der Waals surface area (Å²) in [5, 5.41) is 11.8. The number of fused-ring (bicyclic) bond motifs is 1. The molecular formula is C14H16N4O. The van der Waals surface area contributed by atoms with E-state index >= 15 is 0 Å². The van der Waals surface area contributed by atoms with Gasteiger partial charge in [-0.1, -0.05) is 0 Å². The average molecular weight is 256 g/mol. The molecule has 1 aromatic carbocycles. The van der Waals surface area contributed by atoms with E-state index in [1.807, 2.05) is 6.07 Å². The Morgan fingerprint density at radius 2 is 2.32 bits per heavy atom. The van der Waals surface area contributed by atoms with Gasteiger partial charge < -0.3 is 16.0 Å². The molecule has 2 atom stereocenters. The van der Waals surface area contributed by atoms with Crippen LogP contribution < -0.4 is 16.0 Å². The monoisotopic (exact) mass is 256 g/mol. The van der Waals surface area contributed by atoms with Crippen molar-refractivity contribution in [1.82, 2.24) is 5.32 Å². The van der Waals surface area contributed by atoms with E-state index in [4.69, 9.17) is 11.0 Å². The van der Waals surface area contributed by atoms with Crippen LogP contribution in [0.4, 0.5) is 11.4 Å². The van der Waals surface area contributed by atoms with Crippen molar-refractivity contribution in [3.05, 3.63) is 23.8 Å². The van der Waals surface area contributed by atoms with Gasteiger partial charge in [-0.15, -0.1) is 0 Å². The molecule has 2 fully saturated rings. The van der Waals surface area contributed by atoms with Crippen LogP contribution in [0.1, 0.15) is 18.4 Å². The zero-order valence-electron chi connectivity index (χ0n) is 10.6. The van der Waals surface area contributed by atoms with Crippen LogP contribution in [0.2, 0.25) is 0 Å². The van der Waals surface area contributed by atoms with E-state index in [9.17, 15) is 4.79 Å². The molecule has 0 bridgehead atoms. The zero-order chi connectivity index (χ0) is 13.4. The lowest BCUT2D eigenvalue weighted by Crippen LogP contribution is -2.46. The molecule has 3 N–H and O–H groups in total. The Bertz CT molecular complexity index is 563. The van der Waals surface area contributed by atoms with Crippen LogP contribution in [-0.4, -0.2) is 25.0 Å². The fraction of sp³-hybridized carbons (Fsp3) is 0.429. The molecule has 19 heavy (non-hydrogen) atoms. The van der Waals surface area contributed by atoms with Crippen LogP contribution in [0.25, 0.3) is 0 Å². The summed E-state index contributed by atoms with van der Waals surface area (Å²) in [4.78, 5) is 14.0. The fourth-order valence-corrected chi connectivity index (χ4v) is 3.14. The van der Waals surface area contributed by atoms with Gasteiger partial charge in [-0.25, -0.2) is 0 Å². The van der Waals surface area contributed by atoms with E-state index in [2.05, 4.69) is 16.3 Å². The Labute approximate surface area is 112 Å². The molecule has 3 rings (SSSR count). The summed E-state index contributed by atoms with van der Waals surface area (Å²) in [5.41, 5.74) is 8.16. The minimum atomic E-state index is 0.0730. The summed E-state index contributed by atoms with van der Waals surface area (Å²) >= 11 is 0. The first kappa shape index (κ1) is 11.8. The van der Waals surface area contributed by atoms with Gasteiger partial charge in [0.25, 0.3) is 0 Å². The Balaban J connectivity index is 1.93. The quantitative estimate of drug-likeness (QED) is 0.730. The van der Waals surface area contributed by atoms with Crippen LogP contribution in [0.15, 0.2) is 18.2 Å². The lowest BCUT2D eigenvalue weighted by molar-refractivity contribution is -0.122. The van der Waals surface area contributed by atoms with E-state index in [-0.39, 0.29) is 17.9 Å². The number of piperidine rings is 1. The summed E-state index contributed by atoms with van der Waals surface area (Å²) in [6.45, 7) is 1.59. The lowest BCUT2D eigenvalue weighted by atomic mass is 9.91. The number of nitrogens with zero attached hydrogens (tertiary/aromatic N) is 2. The number of amides is 1. The molecule has 5 heteroatoms. The van der Waals surface area contributed by atoms with Gasteiger partial charge in [0.15, 0.2) is 0 Å². The molecule has 5 nitrogen and oxygen atoms in total. The first-order chi connectivity index (χ1) is 9.20. The third-order valence-corrected chi connectivity index (χ3v) is 4.07. The van der Waals surface area contributed by atoms with Crippen molar-refractivity contribution < 1.29 is 4.79 Å². The number of benzene rings is 1. The summed E-state index contributed by atoms with van der Waals surface area (Å²) in [5.74, 6) is 0.228. The summed E-state index contributed by atoms with van der Waals surface area (Å²) < 4.78 is 0. The molecule has 2 unspecified atom stereocenters. The molecule has 2 aliphatic heterocycles. The number of anilines is 2. The van der Waals surface area contributed by atoms with Gasteiger partial charge in [-0.2, -0.15) is 5.26 Å². The van der Waals surface area contributed by atoms with Crippen molar-refractivity contribution in [2.45, 2.75) is 18.9 Å². The standard InChI is InChI=1S/C14H16N4O/c15-7-9-3-4-12(11(16)6-9)18-5-1-2-10-13(18)8-17-14(10)19/h3-4,6,10,13H,1-2,5,8,16H2,(H,17,19). The van der Waals surface area contributed by atoms with Crippen molar-refractivity contribution in [2.75, 3.05) is 23.7 Å². The largest absolute Gasteiger partial charge is 0.397 e. The topological polar surface area (TPSA) is 82.2 Å². The number of nitriles is 1. The molecule has 98 valence electrons. The molecule has 2 heterocycles. The molecule has 0 aliphatic carbocycles. The van der Waals surface area contributed by atoms with Crippen LogP contribution in [0.3, 0.4) is 0 Å². The molecule has 1 amide bonds. The molecule has 0 radical (unpaired) electrons. The number of hydrogen-bond donors (Lipinski definition) is 2. The third kappa shape index (κ3) is 1.89. The normalized spacial score (nSPS) is 25.6. The van der Waals surface area contributed by atoms with Crippen molar-refractivity contribution in [2.24, 2.45) is 5.92 Å². The van der Waals surface area contributed by atoms with Gasteiger partial charge in [0.2, 0.25) is 5.91 Å². The molecule has 0 spiro atoms. The second kappa shape index (κ2) is 4.47. The maximum absolute atomic E-state index is 11.8. The van der Waals surface area contributed by atoms with Crippen molar-refractivity contribution in [3.8, 4) is 6.07 Å². The molecule has 2 aliphatic rings. The summed E-state index contributed by atoms with van der Waals surface area (Å²) in [7, 11) is 0. The second-order valence-corrected chi connectivity index (χ2v) is 5.14. The number of carbonyl (C=O) groups excluding carboxylic acids is 1. The highest BCUT2D eigenvalue weighted by molar-refractivity contribution is 5.84. The zero-order valence-corrected chi connectivity index (χ0v) is 10.6. The average Bonchev–Trinajstić information content (AvgIpc) is 2.81. The number of nitrogen functional groups attached to an aromatic ring is 1. The molecule has 0 saturated carbocycles. The van der Waals surface area contributed by atoms with Crippen molar-refractivity contribution in [3.63, 3.8) is 0 Å². The maximum Gasteiger partial charge on any atom is 0.225 e. The Kier molecular flexibility index (Phi) is 2.79. The molecule has 0 aromatic heterocycles. The highest BCUT2D eigenvalue weighted by Gasteiger charge is 2.41. The third-order valence-electron chi connectivity index (χ3n) is 4.07. The highest BCUT2D eigenvalue weighted by atomic mass is 16.2. The number of nitrogens with two attached hydrogens (primary N) is 1. The van der Waals surface area contributed by atoms with Gasteiger partial charge in [-0.05, 0) is 31.0 Å². The van der Waals surface area contributed by atoms with Gasteiger partial charge in [0.1, 0.15) is 0 Å². The van der Waals surface area contributed by atoms with Crippen molar-refractivity contribution >= 4 is 17.3 Å². The number of carbonyl (C=O) groups is 1. The van der Waals surface area contributed by atoms with Gasteiger partial charge >= 0.3 is 0 Å².